The minimum absolute atomic E-state index is 0.569. The molecule has 0 bridgehead atoms. The molecule has 3 heterocycles. The molecule has 0 saturated carbocycles. The van der Waals surface area contributed by atoms with E-state index in [-0.39, 0.29) is 0 Å². The van der Waals surface area contributed by atoms with Gasteiger partial charge in [-0.1, -0.05) is 5.16 Å². The summed E-state index contributed by atoms with van der Waals surface area (Å²) in [5.41, 5.74) is 4.52. The molecule has 0 amide bonds. The van der Waals surface area contributed by atoms with Gasteiger partial charge in [0.15, 0.2) is 5.82 Å². The predicted octanol–water partition coefficient (Wildman–Crippen LogP) is 4.22. The van der Waals surface area contributed by atoms with E-state index < -0.39 is 0 Å². The van der Waals surface area contributed by atoms with Crippen molar-refractivity contribution in [2.45, 2.75) is 27.7 Å². The molecule has 0 aliphatic carbocycles. The molecule has 0 aliphatic rings. The first-order chi connectivity index (χ1) is 11.0. The molecule has 0 spiro atoms. The Balaban J connectivity index is 2.08. The Morgan fingerprint density at radius 2 is 2.09 bits per heavy atom. The monoisotopic (exact) mass is 324 g/mol. The van der Waals surface area contributed by atoms with E-state index in [9.17, 15) is 5.26 Å². The molecule has 6 heteroatoms. The molecular formula is C17H16N4OS. The molecule has 23 heavy (non-hydrogen) atoms. The second-order valence-electron chi connectivity index (χ2n) is 5.42. The molecular weight excluding hydrogens is 308 g/mol. The van der Waals surface area contributed by atoms with Crippen molar-refractivity contribution in [1.82, 2.24) is 14.7 Å². The van der Waals surface area contributed by atoms with Crippen molar-refractivity contribution < 1.29 is 4.52 Å². The lowest BCUT2D eigenvalue weighted by Crippen LogP contribution is -1.99. The Morgan fingerprint density at radius 3 is 2.65 bits per heavy atom. The van der Waals surface area contributed by atoms with Gasteiger partial charge in [-0.05, 0) is 45.4 Å². The molecule has 0 radical (unpaired) electrons. The molecule has 0 saturated heterocycles. The number of nitriles is 1. The lowest BCUT2D eigenvalue weighted by Gasteiger charge is -2.04. The highest BCUT2D eigenvalue weighted by atomic mass is 32.1. The zero-order valence-electron chi connectivity index (χ0n) is 13.4. The number of thiazole rings is 1. The molecule has 0 atom stereocenters. The van der Waals surface area contributed by atoms with Crippen molar-refractivity contribution in [2.75, 3.05) is 0 Å². The molecule has 5 nitrogen and oxygen atoms in total. The van der Waals surface area contributed by atoms with Gasteiger partial charge in [0.2, 0.25) is 0 Å². The van der Waals surface area contributed by atoms with Crippen LogP contribution in [0.15, 0.2) is 22.0 Å². The van der Waals surface area contributed by atoms with Gasteiger partial charge in [-0.15, -0.1) is 11.3 Å². The number of hydrogen-bond acceptors (Lipinski definition) is 5. The fourth-order valence-corrected chi connectivity index (χ4v) is 3.28. The van der Waals surface area contributed by atoms with E-state index in [1.165, 1.54) is 11.3 Å². The van der Waals surface area contributed by atoms with Crippen LogP contribution in [0.4, 0.5) is 0 Å². The molecule has 0 fully saturated rings. The lowest BCUT2D eigenvalue weighted by atomic mass is 10.1. The van der Waals surface area contributed by atoms with Crippen LogP contribution < -0.4 is 0 Å². The van der Waals surface area contributed by atoms with E-state index in [0.29, 0.717) is 5.57 Å². The number of rotatable bonds is 3. The van der Waals surface area contributed by atoms with Crippen LogP contribution >= 0.6 is 11.3 Å². The van der Waals surface area contributed by atoms with Gasteiger partial charge in [0, 0.05) is 28.5 Å². The van der Waals surface area contributed by atoms with Crippen LogP contribution in [0.2, 0.25) is 0 Å². The minimum atomic E-state index is 0.569. The SMILES string of the molecule is Cc1csc(/C(C#N)=C\c2cc(C)n(-c3cc(C)on3)c2C)n1. The molecule has 0 aliphatic heterocycles. The predicted molar refractivity (Wildman–Crippen MR) is 90.4 cm³/mol. The quantitative estimate of drug-likeness (QED) is 0.676. The first-order valence-electron chi connectivity index (χ1n) is 7.16. The Kier molecular flexibility index (Phi) is 3.89. The normalized spacial score (nSPS) is 11.7. The summed E-state index contributed by atoms with van der Waals surface area (Å²) in [6, 6.07) is 6.18. The standard InChI is InChI=1S/C17H16N4OS/c1-10-9-23-17(19-10)15(8-18)7-14-5-11(2)21(13(14)4)16-6-12(3)22-20-16/h5-7,9H,1-4H3/b15-7-. The maximum absolute atomic E-state index is 9.45. The molecule has 3 rings (SSSR count). The molecule has 3 aromatic heterocycles. The topological polar surface area (TPSA) is 67.6 Å². The third-order valence-corrected chi connectivity index (χ3v) is 4.58. The largest absolute Gasteiger partial charge is 0.360 e. The number of allylic oxidation sites excluding steroid dienone is 1. The Hall–Kier alpha value is -2.65. The summed E-state index contributed by atoms with van der Waals surface area (Å²) in [7, 11) is 0. The van der Waals surface area contributed by atoms with Crippen LogP contribution in [0.3, 0.4) is 0 Å². The maximum Gasteiger partial charge on any atom is 0.180 e. The molecule has 0 unspecified atom stereocenters. The van der Waals surface area contributed by atoms with Gasteiger partial charge in [-0.2, -0.15) is 5.26 Å². The average molecular weight is 324 g/mol. The van der Waals surface area contributed by atoms with E-state index in [1.54, 1.807) is 0 Å². The van der Waals surface area contributed by atoms with Crippen LogP contribution in [0, 0.1) is 39.0 Å². The summed E-state index contributed by atoms with van der Waals surface area (Å²) >= 11 is 1.48. The first-order valence-corrected chi connectivity index (χ1v) is 8.04. The minimum Gasteiger partial charge on any atom is -0.360 e. The van der Waals surface area contributed by atoms with E-state index in [4.69, 9.17) is 4.52 Å². The van der Waals surface area contributed by atoms with Crippen molar-refractivity contribution in [3.63, 3.8) is 0 Å². The highest BCUT2D eigenvalue weighted by Crippen LogP contribution is 2.26. The van der Waals surface area contributed by atoms with Crippen molar-refractivity contribution >= 4 is 23.0 Å². The fraction of sp³-hybridized carbons (Fsp3) is 0.235. The summed E-state index contributed by atoms with van der Waals surface area (Å²) in [4.78, 5) is 4.39. The number of hydrogen-bond donors (Lipinski definition) is 0. The van der Waals surface area contributed by atoms with Gasteiger partial charge >= 0.3 is 0 Å². The van der Waals surface area contributed by atoms with E-state index in [2.05, 4.69) is 16.2 Å². The van der Waals surface area contributed by atoms with Crippen LogP contribution in [0.5, 0.6) is 0 Å². The lowest BCUT2D eigenvalue weighted by molar-refractivity contribution is 0.394. The number of nitrogens with zero attached hydrogens (tertiary/aromatic N) is 4. The van der Waals surface area contributed by atoms with Crippen LogP contribution in [0.1, 0.15) is 33.4 Å². The van der Waals surface area contributed by atoms with Crippen molar-refractivity contribution in [3.8, 4) is 11.9 Å². The Bertz CT molecular complexity index is 936. The Morgan fingerprint density at radius 1 is 1.30 bits per heavy atom. The van der Waals surface area contributed by atoms with E-state index in [0.717, 1.165) is 39.2 Å². The van der Waals surface area contributed by atoms with Gasteiger partial charge in [-0.25, -0.2) is 4.98 Å². The molecule has 0 aromatic carbocycles. The smallest absolute Gasteiger partial charge is 0.180 e. The van der Waals surface area contributed by atoms with Gasteiger partial charge < -0.3 is 4.52 Å². The van der Waals surface area contributed by atoms with E-state index >= 15 is 0 Å². The summed E-state index contributed by atoms with van der Waals surface area (Å²) in [6.45, 7) is 7.80. The van der Waals surface area contributed by atoms with Crippen LogP contribution in [0.25, 0.3) is 17.5 Å². The van der Waals surface area contributed by atoms with Gasteiger partial charge in [0.05, 0.1) is 5.57 Å². The third kappa shape index (κ3) is 2.83. The van der Waals surface area contributed by atoms with Crippen molar-refractivity contribution in [2.24, 2.45) is 0 Å². The number of aromatic nitrogens is 3. The van der Waals surface area contributed by atoms with Gasteiger partial charge in [0.25, 0.3) is 0 Å². The zero-order valence-corrected chi connectivity index (χ0v) is 14.2. The summed E-state index contributed by atoms with van der Waals surface area (Å²) in [6.07, 6.45) is 1.88. The summed E-state index contributed by atoms with van der Waals surface area (Å²) in [5, 5.41) is 16.2. The zero-order chi connectivity index (χ0) is 16.6. The van der Waals surface area contributed by atoms with Crippen molar-refractivity contribution in [3.05, 3.63) is 50.9 Å². The molecule has 0 N–H and O–H groups in total. The molecule has 116 valence electrons. The number of aryl methyl sites for hydroxylation is 3. The average Bonchev–Trinajstić information content (AvgIpc) is 3.18. The van der Waals surface area contributed by atoms with E-state index in [1.807, 2.05) is 55.9 Å². The second-order valence-corrected chi connectivity index (χ2v) is 6.28. The summed E-state index contributed by atoms with van der Waals surface area (Å²) < 4.78 is 7.18. The van der Waals surface area contributed by atoms with Crippen LogP contribution in [-0.4, -0.2) is 14.7 Å². The maximum atomic E-state index is 9.45. The van der Waals surface area contributed by atoms with Crippen molar-refractivity contribution in [1.29, 1.82) is 5.26 Å². The third-order valence-electron chi connectivity index (χ3n) is 3.58. The first kappa shape index (κ1) is 15.3. The Labute approximate surface area is 138 Å². The second kappa shape index (κ2) is 5.86. The van der Waals surface area contributed by atoms with Gasteiger partial charge in [0.1, 0.15) is 16.8 Å². The molecule has 3 aromatic rings. The van der Waals surface area contributed by atoms with Crippen LogP contribution in [-0.2, 0) is 0 Å². The highest BCUT2D eigenvalue weighted by Gasteiger charge is 2.14. The fourth-order valence-electron chi connectivity index (χ4n) is 2.52. The van der Waals surface area contributed by atoms with Gasteiger partial charge in [-0.3, -0.25) is 4.57 Å². The highest BCUT2D eigenvalue weighted by molar-refractivity contribution is 7.11. The summed E-state index contributed by atoms with van der Waals surface area (Å²) in [5.74, 6) is 1.52.